The number of likely N-dealkylation sites (N-methyl/N-ethyl adjacent to an activating group) is 1. The first-order chi connectivity index (χ1) is 21.7. The van der Waals surface area contributed by atoms with Crippen molar-refractivity contribution in [3.8, 4) is 5.75 Å². The summed E-state index contributed by atoms with van der Waals surface area (Å²) < 4.78 is 50.4. The molecule has 14 heteroatoms. The Morgan fingerprint density at radius 1 is 0.913 bits per heavy atom. The molecule has 1 aliphatic carbocycles. The molecule has 2 heterocycles. The highest BCUT2D eigenvalue weighted by Crippen LogP contribution is 2.55. The molecule has 2 aliphatic rings. The van der Waals surface area contributed by atoms with Crippen molar-refractivity contribution in [1.29, 1.82) is 0 Å². The minimum absolute atomic E-state index is 0.0885. The highest BCUT2D eigenvalue weighted by atomic mass is 31.2. The lowest BCUT2D eigenvalue weighted by Crippen LogP contribution is -2.35. The molecule has 1 aromatic carbocycles. The number of aromatic nitrogens is 3. The maximum Gasteiger partial charge on any atom is 0.478 e. The summed E-state index contributed by atoms with van der Waals surface area (Å²) in [6.45, 7) is 14.9. The molecule has 2 fully saturated rings. The van der Waals surface area contributed by atoms with Crippen LogP contribution in [-0.4, -0.2) is 69.6 Å². The second-order valence-corrected chi connectivity index (χ2v) is 15.5. The highest BCUT2D eigenvalue weighted by Gasteiger charge is 2.37. The van der Waals surface area contributed by atoms with Crippen LogP contribution in [0, 0.1) is 5.82 Å². The highest BCUT2D eigenvalue weighted by molar-refractivity contribution is 7.48. The number of hydrogen-bond acceptors (Lipinski definition) is 12. The molecular weight excluding hydrogens is 612 g/mol. The third-order valence-corrected chi connectivity index (χ3v) is 9.57. The van der Waals surface area contributed by atoms with Gasteiger partial charge in [-0.05, 0) is 92.4 Å². The van der Waals surface area contributed by atoms with Gasteiger partial charge in [-0.2, -0.15) is 15.0 Å². The molecule has 2 aromatic rings. The lowest BCUT2D eigenvalue weighted by molar-refractivity contribution is -0.0195. The average molecular weight is 666 g/mol. The molecule has 1 atom stereocenters. The lowest BCUT2D eigenvalue weighted by Gasteiger charge is -2.30. The van der Waals surface area contributed by atoms with Crippen LogP contribution in [-0.2, 0) is 18.1 Å². The van der Waals surface area contributed by atoms with Crippen molar-refractivity contribution in [1.82, 2.24) is 19.9 Å². The van der Waals surface area contributed by atoms with E-state index in [-0.39, 0.29) is 5.75 Å². The van der Waals surface area contributed by atoms with Crippen molar-refractivity contribution in [2.75, 3.05) is 42.4 Å². The maximum absolute atomic E-state index is 15.2. The zero-order chi connectivity index (χ0) is 33.4. The van der Waals surface area contributed by atoms with E-state index in [1.807, 2.05) is 0 Å². The topological polar surface area (TPSA) is 132 Å². The Morgan fingerprint density at radius 3 is 2.20 bits per heavy atom. The van der Waals surface area contributed by atoms with E-state index in [9.17, 15) is 4.57 Å². The molecule has 0 spiro atoms. The van der Waals surface area contributed by atoms with Gasteiger partial charge in [-0.25, -0.2) is 13.5 Å². The SMILES string of the molecule is CCN1CCCC1CNc1nc(Nc2ccc(OCOP(=O)(OC(C)(C)C)OC(C)(C)C)c(F)c2)nc(NC2CCCCCC2)n1. The number of nitrogens with zero attached hydrogens (tertiary/aromatic N) is 4. The van der Waals surface area contributed by atoms with E-state index in [1.54, 1.807) is 47.6 Å². The van der Waals surface area contributed by atoms with Crippen molar-refractivity contribution in [2.24, 2.45) is 0 Å². The fourth-order valence-electron chi connectivity index (χ4n) is 5.65. The molecule has 0 amide bonds. The molecule has 12 nitrogen and oxygen atoms in total. The summed E-state index contributed by atoms with van der Waals surface area (Å²) >= 11 is 0. The smallest absolute Gasteiger partial charge is 0.464 e. The van der Waals surface area contributed by atoms with Crippen molar-refractivity contribution in [2.45, 2.75) is 123 Å². The number of hydrogen-bond donors (Lipinski definition) is 3. The van der Waals surface area contributed by atoms with Gasteiger partial charge in [0.2, 0.25) is 24.6 Å². The van der Waals surface area contributed by atoms with Crippen LogP contribution in [0.1, 0.15) is 99.8 Å². The number of ether oxygens (including phenoxy) is 1. The summed E-state index contributed by atoms with van der Waals surface area (Å²) in [4.78, 5) is 16.4. The summed E-state index contributed by atoms with van der Waals surface area (Å²) in [5, 5.41) is 10.0. The Morgan fingerprint density at radius 2 is 1.57 bits per heavy atom. The van der Waals surface area contributed by atoms with Crippen LogP contribution in [0.3, 0.4) is 0 Å². The van der Waals surface area contributed by atoms with E-state index >= 15 is 4.39 Å². The average Bonchev–Trinajstić information content (AvgIpc) is 3.25. The van der Waals surface area contributed by atoms with Crippen LogP contribution in [0.15, 0.2) is 18.2 Å². The number of benzene rings is 1. The minimum atomic E-state index is -4.01. The zero-order valence-corrected chi connectivity index (χ0v) is 29.4. The van der Waals surface area contributed by atoms with Gasteiger partial charge in [0.1, 0.15) is 0 Å². The molecular formula is C32H53FN7O5P. The predicted molar refractivity (Wildman–Crippen MR) is 179 cm³/mol. The van der Waals surface area contributed by atoms with Crippen LogP contribution >= 0.6 is 7.82 Å². The van der Waals surface area contributed by atoms with Crippen LogP contribution in [0.4, 0.5) is 27.9 Å². The predicted octanol–water partition coefficient (Wildman–Crippen LogP) is 7.88. The second-order valence-electron chi connectivity index (χ2n) is 14.0. The quantitative estimate of drug-likeness (QED) is 0.103. The summed E-state index contributed by atoms with van der Waals surface area (Å²) in [6.07, 6.45) is 9.31. The Balaban J connectivity index is 1.44. The molecule has 1 saturated carbocycles. The van der Waals surface area contributed by atoms with Crippen molar-refractivity contribution < 1.29 is 27.3 Å². The van der Waals surface area contributed by atoms with Gasteiger partial charge in [-0.15, -0.1) is 0 Å². The van der Waals surface area contributed by atoms with Crippen LogP contribution < -0.4 is 20.7 Å². The zero-order valence-electron chi connectivity index (χ0n) is 28.5. The summed E-state index contributed by atoms with van der Waals surface area (Å²) in [5.41, 5.74) is -1.18. The van der Waals surface area contributed by atoms with E-state index in [2.05, 4.69) is 42.7 Å². The van der Waals surface area contributed by atoms with E-state index in [0.29, 0.717) is 35.6 Å². The van der Waals surface area contributed by atoms with Crippen molar-refractivity contribution >= 4 is 31.4 Å². The van der Waals surface area contributed by atoms with Crippen LogP contribution in [0.2, 0.25) is 0 Å². The molecule has 4 rings (SSSR count). The number of phosphoric acid groups is 1. The molecule has 1 unspecified atom stereocenters. The normalized spacial score (nSPS) is 18.7. The van der Waals surface area contributed by atoms with Gasteiger partial charge in [0.25, 0.3) is 0 Å². The van der Waals surface area contributed by atoms with Gasteiger partial charge < -0.3 is 20.7 Å². The number of rotatable bonds is 14. The molecule has 1 aliphatic heterocycles. The monoisotopic (exact) mass is 665 g/mol. The third-order valence-electron chi connectivity index (χ3n) is 7.61. The lowest BCUT2D eigenvalue weighted by atomic mass is 10.1. The summed E-state index contributed by atoms with van der Waals surface area (Å²) in [6, 6.07) is 5.09. The number of likely N-dealkylation sites (tertiary alicyclic amines) is 1. The van der Waals surface area contributed by atoms with Gasteiger partial charge in [0.15, 0.2) is 11.6 Å². The molecule has 1 saturated heterocycles. The third kappa shape index (κ3) is 11.9. The Bertz CT molecular complexity index is 1290. The largest absolute Gasteiger partial charge is 0.478 e. The molecule has 1 aromatic heterocycles. The van der Waals surface area contributed by atoms with Crippen LogP contribution in [0.25, 0.3) is 0 Å². The first-order valence-corrected chi connectivity index (χ1v) is 18.0. The van der Waals surface area contributed by atoms with Gasteiger partial charge in [-0.1, -0.05) is 32.6 Å². The van der Waals surface area contributed by atoms with Gasteiger partial charge >= 0.3 is 7.82 Å². The van der Waals surface area contributed by atoms with E-state index in [1.165, 1.54) is 44.2 Å². The van der Waals surface area contributed by atoms with Gasteiger partial charge in [0, 0.05) is 30.4 Å². The van der Waals surface area contributed by atoms with Crippen molar-refractivity contribution in [3.63, 3.8) is 0 Å². The molecule has 46 heavy (non-hydrogen) atoms. The second kappa shape index (κ2) is 16.0. The maximum atomic E-state index is 15.2. The molecule has 3 N–H and O–H groups in total. The Labute approximate surface area is 273 Å². The minimum Gasteiger partial charge on any atom is -0.464 e. The standard InChI is InChI=1S/C32H53FN7O5P/c1-8-40-19-13-16-25(40)21-34-28-37-29(35-23-14-11-9-10-12-15-23)39-30(38-28)36-24-17-18-27(26(33)20-24)42-22-43-46(41,44-31(2,3)4)45-32(5,6)7/h17-18,20,23,25H,8-16,19,21-22H2,1-7H3,(H3,34,35,36,37,38,39). The summed E-state index contributed by atoms with van der Waals surface area (Å²) in [5.74, 6) is 0.510. The molecule has 0 bridgehead atoms. The number of halogens is 1. The van der Waals surface area contributed by atoms with Crippen LogP contribution in [0.5, 0.6) is 5.75 Å². The molecule has 0 radical (unpaired) electrons. The Kier molecular flexibility index (Phi) is 12.6. The molecule has 258 valence electrons. The summed E-state index contributed by atoms with van der Waals surface area (Å²) in [7, 11) is -4.01. The van der Waals surface area contributed by atoms with Gasteiger partial charge in [0.05, 0.1) is 11.2 Å². The fourth-order valence-corrected chi connectivity index (χ4v) is 7.32. The van der Waals surface area contributed by atoms with E-state index < -0.39 is 31.6 Å². The number of nitrogens with one attached hydrogen (secondary N) is 3. The number of anilines is 4. The van der Waals surface area contributed by atoms with E-state index in [4.69, 9.17) is 18.3 Å². The van der Waals surface area contributed by atoms with E-state index in [0.717, 1.165) is 38.9 Å². The Hall–Kier alpha value is -2.57. The van der Waals surface area contributed by atoms with Crippen molar-refractivity contribution in [3.05, 3.63) is 24.0 Å². The number of phosphoric ester groups is 1. The fraction of sp³-hybridized carbons (Fsp3) is 0.719. The first kappa shape index (κ1) is 36.3. The first-order valence-electron chi connectivity index (χ1n) is 16.6. The van der Waals surface area contributed by atoms with Gasteiger partial charge in [-0.3, -0.25) is 13.9 Å².